The predicted molar refractivity (Wildman–Crippen MR) is 108 cm³/mol. The number of rotatable bonds is 3. The van der Waals surface area contributed by atoms with Gasteiger partial charge < -0.3 is 5.11 Å². The van der Waals surface area contributed by atoms with Gasteiger partial charge in [0.1, 0.15) is 5.69 Å². The Kier molecular flexibility index (Phi) is 4.35. The summed E-state index contributed by atoms with van der Waals surface area (Å²) in [6.07, 6.45) is 0. The van der Waals surface area contributed by atoms with Gasteiger partial charge in [0.25, 0.3) is 0 Å². The number of benzene rings is 3. The minimum atomic E-state index is -3.79. The highest BCUT2D eigenvalue weighted by Crippen LogP contribution is 2.41. The summed E-state index contributed by atoms with van der Waals surface area (Å²) in [4.78, 5) is 4.77. The van der Waals surface area contributed by atoms with Crippen LogP contribution in [0.3, 0.4) is 0 Å². The molecular formula is C17H12N4O3S3. The highest BCUT2D eigenvalue weighted by Gasteiger charge is 2.13. The topological polar surface area (TPSA) is 118 Å². The fourth-order valence-electron chi connectivity index (χ4n) is 2.61. The van der Waals surface area contributed by atoms with Crippen molar-refractivity contribution < 1.29 is 13.5 Å². The molecule has 0 fully saturated rings. The van der Waals surface area contributed by atoms with E-state index in [0.29, 0.717) is 25.6 Å². The van der Waals surface area contributed by atoms with Crippen LogP contribution in [0.2, 0.25) is 0 Å². The number of phenolic OH excluding ortho intramolecular Hbond substituents is 1. The molecule has 0 saturated carbocycles. The van der Waals surface area contributed by atoms with E-state index in [-0.39, 0.29) is 16.3 Å². The van der Waals surface area contributed by atoms with Crippen molar-refractivity contribution >= 4 is 65.8 Å². The molecule has 0 radical (unpaired) electrons. The maximum atomic E-state index is 11.5. The van der Waals surface area contributed by atoms with Gasteiger partial charge in [-0.3, -0.25) is 0 Å². The number of phenols is 1. The van der Waals surface area contributed by atoms with E-state index in [1.165, 1.54) is 12.1 Å². The molecule has 0 bridgehead atoms. The third-order valence-corrected chi connectivity index (χ3v) is 6.04. The number of fused-ring (bicyclic) bond motifs is 2. The van der Waals surface area contributed by atoms with Crippen LogP contribution in [0.4, 0.5) is 10.8 Å². The number of aromatic nitrogens is 1. The molecule has 0 aliphatic heterocycles. The number of sulfonamides is 1. The van der Waals surface area contributed by atoms with Crippen molar-refractivity contribution in [3.63, 3.8) is 0 Å². The molecule has 3 N–H and O–H groups in total. The van der Waals surface area contributed by atoms with Gasteiger partial charge in [-0.2, -0.15) is 0 Å². The molecule has 0 atom stereocenters. The third-order valence-electron chi connectivity index (χ3n) is 3.89. The van der Waals surface area contributed by atoms with Crippen LogP contribution < -0.4 is 5.14 Å². The molecule has 4 aromatic rings. The first kappa shape index (κ1) is 17.9. The Bertz CT molecular complexity index is 1330. The van der Waals surface area contributed by atoms with Gasteiger partial charge in [0.2, 0.25) is 15.2 Å². The van der Waals surface area contributed by atoms with Crippen LogP contribution in [0.5, 0.6) is 5.75 Å². The minimum Gasteiger partial charge on any atom is -0.505 e. The average molecular weight is 417 g/mol. The van der Waals surface area contributed by atoms with E-state index in [1.54, 1.807) is 18.2 Å². The van der Waals surface area contributed by atoms with Gasteiger partial charge in [0, 0.05) is 10.3 Å². The van der Waals surface area contributed by atoms with Crippen molar-refractivity contribution in [1.82, 2.24) is 4.98 Å². The number of hydrogen-bond acceptors (Lipinski definition) is 8. The fourth-order valence-corrected chi connectivity index (χ4v) is 4.34. The number of hydrogen-bond donors (Lipinski definition) is 3. The maximum Gasteiger partial charge on any atom is 0.238 e. The van der Waals surface area contributed by atoms with E-state index in [4.69, 9.17) is 5.14 Å². The second-order valence-electron chi connectivity index (χ2n) is 5.69. The van der Waals surface area contributed by atoms with Crippen LogP contribution in [0.15, 0.2) is 68.6 Å². The molecule has 0 unspecified atom stereocenters. The van der Waals surface area contributed by atoms with Crippen molar-refractivity contribution in [2.45, 2.75) is 9.79 Å². The van der Waals surface area contributed by atoms with E-state index in [0.717, 1.165) is 16.7 Å². The van der Waals surface area contributed by atoms with Crippen LogP contribution >= 0.6 is 24.0 Å². The van der Waals surface area contributed by atoms with Crippen molar-refractivity contribution in [2.75, 3.05) is 0 Å². The maximum absolute atomic E-state index is 11.5. The largest absolute Gasteiger partial charge is 0.505 e. The second kappa shape index (κ2) is 6.57. The number of thiazole rings is 1. The quantitative estimate of drug-likeness (QED) is 0.336. The number of azo groups is 1. The average Bonchev–Trinajstić information content (AvgIpc) is 3.02. The Morgan fingerprint density at radius 2 is 1.89 bits per heavy atom. The van der Waals surface area contributed by atoms with E-state index >= 15 is 0 Å². The van der Waals surface area contributed by atoms with Gasteiger partial charge in [-0.1, -0.05) is 35.6 Å². The van der Waals surface area contributed by atoms with E-state index in [1.807, 2.05) is 18.2 Å². The zero-order valence-corrected chi connectivity index (χ0v) is 16.1. The molecule has 3 aromatic carbocycles. The lowest BCUT2D eigenvalue weighted by Gasteiger charge is -2.06. The Hall–Kier alpha value is -2.53. The van der Waals surface area contributed by atoms with Crippen molar-refractivity contribution in [2.24, 2.45) is 15.4 Å². The van der Waals surface area contributed by atoms with Gasteiger partial charge in [0.05, 0.1) is 15.1 Å². The normalized spacial score (nSPS) is 12.4. The first-order chi connectivity index (χ1) is 12.8. The fraction of sp³-hybridized carbons (Fsp3) is 0. The van der Waals surface area contributed by atoms with E-state index in [2.05, 4.69) is 27.8 Å². The zero-order valence-electron chi connectivity index (χ0n) is 13.6. The summed E-state index contributed by atoms with van der Waals surface area (Å²) < 4.78 is 23.5. The number of nitrogens with two attached hydrogens (primary N) is 1. The monoisotopic (exact) mass is 416 g/mol. The van der Waals surface area contributed by atoms with Crippen molar-refractivity contribution in [3.8, 4) is 5.75 Å². The lowest BCUT2D eigenvalue weighted by atomic mass is 10.1. The molecule has 10 heteroatoms. The van der Waals surface area contributed by atoms with Gasteiger partial charge in [-0.25, -0.2) is 18.5 Å². The van der Waals surface area contributed by atoms with Crippen LogP contribution in [-0.4, -0.2) is 18.5 Å². The summed E-state index contributed by atoms with van der Waals surface area (Å²) in [7, 11) is -3.79. The molecule has 4 rings (SSSR count). The number of thiol groups is 1. The molecule has 0 amide bonds. The van der Waals surface area contributed by atoms with Crippen LogP contribution in [0.1, 0.15) is 0 Å². The lowest BCUT2D eigenvalue weighted by Crippen LogP contribution is -2.11. The summed E-state index contributed by atoms with van der Waals surface area (Å²) in [5.41, 5.74) is 0.816. The smallest absolute Gasteiger partial charge is 0.238 e. The standard InChI is InChI=1S/C17H12N4O3S3/c18-27(23,24)10-5-6-12-14(8-10)26-17(19-12)21-20-15-13(25)7-9-3-1-2-4-11(9)16(15)22/h1-8,22,25H,(H2,18,23,24). The first-order valence-corrected chi connectivity index (χ1v) is 10.4. The SMILES string of the molecule is NS(=O)(=O)c1ccc2nc(N=Nc3c(S)cc4ccccc4c3O)sc2c1. The molecule has 0 saturated heterocycles. The molecule has 1 aromatic heterocycles. The van der Waals surface area contributed by atoms with Crippen LogP contribution in [-0.2, 0) is 10.0 Å². The Morgan fingerprint density at radius 1 is 1.11 bits per heavy atom. The van der Waals surface area contributed by atoms with Gasteiger partial charge in [0.15, 0.2) is 5.75 Å². The van der Waals surface area contributed by atoms with E-state index < -0.39 is 10.0 Å². The molecule has 27 heavy (non-hydrogen) atoms. The Morgan fingerprint density at radius 3 is 2.67 bits per heavy atom. The molecule has 7 nitrogen and oxygen atoms in total. The number of aromatic hydroxyl groups is 1. The van der Waals surface area contributed by atoms with Gasteiger partial charge in [-0.15, -0.1) is 22.9 Å². The summed E-state index contributed by atoms with van der Waals surface area (Å²) in [5.74, 6) is -0.0144. The lowest BCUT2D eigenvalue weighted by molar-refractivity contribution is 0.481. The summed E-state index contributed by atoms with van der Waals surface area (Å²) >= 11 is 5.54. The second-order valence-corrected chi connectivity index (χ2v) is 8.74. The molecule has 136 valence electrons. The van der Waals surface area contributed by atoms with Crippen molar-refractivity contribution in [1.29, 1.82) is 0 Å². The summed E-state index contributed by atoms with van der Waals surface area (Å²) in [6, 6.07) is 13.5. The Balaban J connectivity index is 1.76. The molecule has 0 spiro atoms. The van der Waals surface area contributed by atoms with Gasteiger partial charge in [-0.05, 0) is 29.7 Å². The highest BCUT2D eigenvalue weighted by atomic mass is 32.2. The van der Waals surface area contributed by atoms with Crippen LogP contribution in [0.25, 0.3) is 21.0 Å². The van der Waals surface area contributed by atoms with E-state index in [9.17, 15) is 13.5 Å². The predicted octanol–water partition coefficient (Wildman–Crippen LogP) is 4.51. The Labute approximate surface area is 163 Å². The molecule has 0 aliphatic rings. The minimum absolute atomic E-state index is 0.00644. The molecular weight excluding hydrogens is 404 g/mol. The molecule has 1 heterocycles. The third kappa shape index (κ3) is 3.39. The number of nitrogens with zero attached hydrogens (tertiary/aromatic N) is 3. The first-order valence-electron chi connectivity index (χ1n) is 7.62. The molecule has 0 aliphatic carbocycles. The zero-order chi connectivity index (χ0) is 19.2. The number of primary sulfonamides is 1. The summed E-state index contributed by atoms with van der Waals surface area (Å²) in [5, 5.41) is 25.6. The van der Waals surface area contributed by atoms with Gasteiger partial charge >= 0.3 is 0 Å². The van der Waals surface area contributed by atoms with Crippen molar-refractivity contribution in [3.05, 3.63) is 48.5 Å². The van der Waals surface area contributed by atoms with Crippen LogP contribution in [0, 0.1) is 0 Å². The highest BCUT2D eigenvalue weighted by molar-refractivity contribution is 7.89. The summed E-state index contributed by atoms with van der Waals surface area (Å²) in [6.45, 7) is 0.